The fraction of sp³-hybridized carbons (Fsp3) is 0.353. The van der Waals surface area contributed by atoms with Crippen LogP contribution in [0.5, 0.6) is 17.2 Å². The van der Waals surface area contributed by atoms with Gasteiger partial charge in [-0.25, -0.2) is 0 Å². The van der Waals surface area contributed by atoms with Crippen LogP contribution in [0, 0.1) is 0 Å². The third-order valence-corrected chi connectivity index (χ3v) is 8.76. The Kier molecular flexibility index (Phi) is 7.74. The van der Waals surface area contributed by atoms with E-state index in [0.29, 0.717) is 31.4 Å². The summed E-state index contributed by atoms with van der Waals surface area (Å²) in [6.45, 7) is 4.73. The highest BCUT2D eigenvalue weighted by Gasteiger charge is 2.29. The van der Waals surface area contributed by atoms with Gasteiger partial charge >= 0.3 is 0 Å². The number of fused-ring (bicyclic) bond motifs is 2. The topological polar surface area (TPSA) is 92.0 Å². The summed E-state index contributed by atoms with van der Waals surface area (Å²) in [4.78, 5) is 24.0. The summed E-state index contributed by atoms with van der Waals surface area (Å²) >= 11 is 0. The molecule has 3 aliphatic rings. The van der Waals surface area contributed by atoms with Crippen molar-refractivity contribution in [3.8, 4) is 17.2 Å². The van der Waals surface area contributed by atoms with E-state index < -0.39 is 0 Å². The Morgan fingerprint density at radius 1 is 1.07 bits per heavy atom. The van der Waals surface area contributed by atoms with Crippen molar-refractivity contribution >= 4 is 11.4 Å². The number of morpholine rings is 1. The van der Waals surface area contributed by atoms with E-state index in [0.717, 1.165) is 78.5 Å². The van der Waals surface area contributed by atoms with Crippen LogP contribution in [0.15, 0.2) is 78.0 Å². The van der Waals surface area contributed by atoms with Gasteiger partial charge in [0.25, 0.3) is 5.56 Å². The molecule has 0 saturated carbocycles. The average molecular weight is 580 g/mol. The van der Waals surface area contributed by atoms with E-state index in [2.05, 4.69) is 61.5 Å². The zero-order valence-corrected chi connectivity index (χ0v) is 24.4. The minimum Gasteiger partial charge on any atom is -0.496 e. The standard InChI is InChI=1S/C34H37N5O4/c1-41-30-9-13-35-20-25(30)21-38-14-10-26(11-15-38)37-27-7-8-31-24(19-27)18-23-4-2-5-28(33(23)43-31)32-22-39(16-17-42-32)29-6-3-12-36-34(29)40/h2-9,12-13,19-20,26,32,37H,10-11,14-18,21-22H2,1H3,(H,36,40). The predicted molar refractivity (Wildman–Crippen MR) is 166 cm³/mol. The van der Waals surface area contributed by atoms with Crippen molar-refractivity contribution in [1.82, 2.24) is 14.9 Å². The molecule has 0 bridgehead atoms. The number of ether oxygens (including phenoxy) is 3. The Balaban J connectivity index is 0.999. The van der Waals surface area contributed by atoms with Crippen LogP contribution >= 0.6 is 0 Å². The van der Waals surface area contributed by atoms with Crippen molar-refractivity contribution in [2.75, 3.05) is 50.1 Å². The second-order valence-corrected chi connectivity index (χ2v) is 11.5. The molecule has 5 heterocycles. The van der Waals surface area contributed by atoms with Gasteiger partial charge in [-0.1, -0.05) is 18.2 Å². The molecule has 3 aliphatic heterocycles. The fourth-order valence-electron chi connectivity index (χ4n) is 6.51. The summed E-state index contributed by atoms with van der Waals surface area (Å²) in [5.74, 6) is 2.66. The molecular formula is C34H37N5O4. The van der Waals surface area contributed by atoms with Gasteiger partial charge in [-0.3, -0.25) is 14.7 Å². The van der Waals surface area contributed by atoms with E-state index in [-0.39, 0.29) is 11.7 Å². The molecule has 9 nitrogen and oxygen atoms in total. The van der Waals surface area contributed by atoms with Gasteiger partial charge in [0.05, 0.1) is 13.7 Å². The van der Waals surface area contributed by atoms with E-state index in [1.165, 1.54) is 5.56 Å². The van der Waals surface area contributed by atoms with Crippen molar-refractivity contribution in [3.05, 3.63) is 106 Å². The fourth-order valence-corrected chi connectivity index (χ4v) is 6.51. The summed E-state index contributed by atoms with van der Waals surface area (Å²) in [5.41, 5.74) is 6.22. The van der Waals surface area contributed by atoms with Gasteiger partial charge in [-0.15, -0.1) is 0 Å². The Labute approximate surface area is 251 Å². The van der Waals surface area contributed by atoms with Crippen LogP contribution in [-0.4, -0.2) is 60.8 Å². The van der Waals surface area contributed by atoms with Gasteiger partial charge in [-0.2, -0.15) is 0 Å². The third kappa shape index (κ3) is 5.83. The summed E-state index contributed by atoms with van der Waals surface area (Å²) in [6, 6.07) is 18.8. The summed E-state index contributed by atoms with van der Waals surface area (Å²) in [7, 11) is 1.71. The second kappa shape index (κ2) is 12.1. The quantitative estimate of drug-likeness (QED) is 0.274. The maximum atomic E-state index is 12.4. The molecule has 0 spiro atoms. The van der Waals surface area contributed by atoms with Crippen LogP contribution in [0.3, 0.4) is 0 Å². The molecular weight excluding hydrogens is 542 g/mol. The first-order valence-electron chi connectivity index (χ1n) is 15.1. The second-order valence-electron chi connectivity index (χ2n) is 11.5. The van der Waals surface area contributed by atoms with Crippen molar-refractivity contribution in [2.24, 2.45) is 0 Å². The molecule has 1 atom stereocenters. The van der Waals surface area contributed by atoms with Crippen LogP contribution < -0.4 is 25.2 Å². The highest BCUT2D eigenvalue weighted by molar-refractivity contribution is 5.59. The number of methoxy groups -OCH3 is 1. The number of pyridine rings is 2. The summed E-state index contributed by atoms with van der Waals surface area (Å²) in [5, 5.41) is 3.78. The minimum absolute atomic E-state index is 0.0798. The van der Waals surface area contributed by atoms with Crippen LogP contribution in [0.2, 0.25) is 0 Å². The van der Waals surface area contributed by atoms with Gasteiger partial charge < -0.3 is 29.4 Å². The lowest BCUT2D eigenvalue weighted by Gasteiger charge is -2.35. The lowest BCUT2D eigenvalue weighted by atomic mass is 9.95. The number of nitrogens with zero attached hydrogens (tertiary/aromatic N) is 3. The van der Waals surface area contributed by atoms with E-state index in [1.807, 2.05) is 24.4 Å². The highest BCUT2D eigenvalue weighted by Crippen LogP contribution is 2.43. The number of likely N-dealkylation sites (tertiary alicyclic amines) is 1. The van der Waals surface area contributed by atoms with Gasteiger partial charge in [0.2, 0.25) is 0 Å². The molecule has 2 saturated heterocycles. The van der Waals surface area contributed by atoms with Crippen molar-refractivity contribution in [3.63, 3.8) is 0 Å². The molecule has 222 valence electrons. The highest BCUT2D eigenvalue weighted by atomic mass is 16.5. The van der Waals surface area contributed by atoms with Crippen molar-refractivity contribution in [2.45, 2.75) is 38.0 Å². The molecule has 9 heteroatoms. The third-order valence-electron chi connectivity index (χ3n) is 8.76. The first kappa shape index (κ1) is 27.5. The van der Waals surface area contributed by atoms with E-state index >= 15 is 0 Å². The Hall–Kier alpha value is -4.34. The van der Waals surface area contributed by atoms with E-state index in [1.54, 1.807) is 19.5 Å². The largest absolute Gasteiger partial charge is 0.496 e. The number of para-hydroxylation sites is 1. The van der Waals surface area contributed by atoms with Crippen LogP contribution in [0.1, 0.15) is 41.2 Å². The number of aromatic amines is 1. The van der Waals surface area contributed by atoms with Crippen molar-refractivity contribution < 1.29 is 14.2 Å². The Bertz CT molecular complexity index is 1650. The molecule has 0 radical (unpaired) electrons. The zero-order valence-electron chi connectivity index (χ0n) is 24.4. The summed E-state index contributed by atoms with van der Waals surface area (Å²) in [6.07, 6.45) is 8.11. The SMILES string of the molecule is COc1ccncc1CN1CCC(Nc2ccc3c(c2)Cc2cccc(C4CN(c5ccc[nH]c5=O)CCO4)c2O3)CC1. The van der Waals surface area contributed by atoms with E-state index in [4.69, 9.17) is 14.2 Å². The number of H-pyrrole nitrogens is 1. The molecule has 4 aromatic rings. The maximum absolute atomic E-state index is 12.4. The maximum Gasteiger partial charge on any atom is 0.271 e. The molecule has 43 heavy (non-hydrogen) atoms. The van der Waals surface area contributed by atoms with Gasteiger partial charge in [-0.05, 0) is 54.8 Å². The van der Waals surface area contributed by atoms with E-state index in [9.17, 15) is 4.79 Å². The predicted octanol–water partition coefficient (Wildman–Crippen LogP) is 5.13. The van der Waals surface area contributed by atoms with Gasteiger partial charge in [0.15, 0.2) is 0 Å². The Morgan fingerprint density at radius 3 is 2.84 bits per heavy atom. The first-order valence-corrected chi connectivity index (χ1v) is 15.1. The number of hydrogen-bond donors (Lipinski definition) is 2. The summed E-state index contributed by atoms with van der Waals surface area (Å²) < 4.78 is 18.3. The molecule has 1 unspecified atom stereocenters. The smallest absolute Gasteiger partial charge is 0.271 e. The number of rotatable bonds is 7. The molecule has 2 aromatic carbocycles. The van der Waals surface area contributed by atoms with Crippen LogP contribution in [0.25, 0.3) is 0 Å². The molecule has 0 aliphatic carbocycles. The van der Waals surface area contributed by atoms with Crippen LogP contribution in [0.4, 0.5) is 11.4 Å². The molecule has 2 aromatic heterocycles. The normalized spacial score (nSPS) is 18.8. The van der Waals surface area contributed by atoms with Crippen LogP contribution in [-0.2, 0) is 17.7 Å². The molecule has 0 amide bonds. The number of nitrogens with one attached hydrogen (secondary N) is 2. The lowest BCUT2D eigenvalue weighted by molar-refractivity contribution is 0.0383. The molecule has 2 fully saturated rings. The zero-order chi connectivity index (χ0) is 29.2. The number of aromatic nitrogens is 2. The Morgan fingerprint density at radius 2 is 1.98 bits per heavy atom. The van der Waals surface area contributed by atoms with Gasteiger partial charge in [0, 0.05) is 86.2 Å². The number of benzene rings is 2. The van der Waals surface area contributed by atoms with Gasteiger partial charge in [0.1, 0.15) is 29.0 Å². The molecule has 2 N–H and O–H groups in total. The number of anilines is 2. The van der Waals surface area contributed by atoms with Crippen molar-refractivity contribution in [1.29, 1.82) is 0 Å². The minimum atomic E-state index is -0.184. The lowest BCUT2D eigenvalue weighted by Crippen LogP contribution is -2.41. The number of piperidine rings is 1. The average Bonchev–Trinajstić information content (AvgIpc) is 3.05. The monoisotopic (exact) mass is 579 g/mol. The number of hydrogen-bond acceptors (Lipinski definition) is 8. The first-order chi connectivity index (χ1) is 21.1. The molecule has 7 rings (SSSR count).